The monoisotopic (exact) mass is 392 g/mol. The Bertz CT molecular complexity index is 757. The highest BCUT2D eigenvalue weighted by atomic mass is 16.7. The Morgan fingerprint density at radius 2 is 1.86 bits per heavy atom. The van der Waals surface area contributed by atoms with Gasteiger partial charge in [0.2, 0.25) is 6.79 Å². The molecule has 1 aromatic rings. The minimum Gasteiger partial charge on any atom is -0.454 e. The van der Waals surface area contributed by atoms with Gasteiger partial charge in [0.05, 0.1) is 12.2 Å². The molecule has 3 rings (SSSR count). The van der Waals surface area contributed by atoms with Gasteiger partial charge in [-0.1, -0.05) is 0 Å². The second-order valence-corrected chi connectivity index (χ2v) is 6.88. The molecule has 0 aromatic heterocycles. The Kier molecular flexibility index (Phi) is 6.03. The molecule has 9 heteroatoms. The van der Waals surface area contributed by atoms with E-state index in [9.17, 15) is 14.4 Å². The quantitative estimate of drug-likeness (QED) is 0.736. The SMILES string of the molecule is CC1CN(C(=O)C(C)OC(=O)CNC(=O)c2ccc3c(c2)OCO3)CC(C)O1. The highest BCUT2D eigenvalue weighted by Crippen LogP contribution is 2.32. The van der Waals surface area contributed by atoms with Crippen molar-refractivity contribution >= 4 is 17.8 Å². The van der Waals surface area contributed by atoms with Crippen LogP contribution in [0.4, 0.5) is 0 Å². The number of amides is 2. The molecule has 2 aliphatic rings. The standard InChI is InChI=1S/C19H24N2O7/c1-11-8-21(9-12(2)27-11)19(24)13(3)28-17(22)7-20-18(23)14-4-5-15-16(6-14)26-10-25-15/h4-6,11-13H,7-10H2,1-3H3,(H,20,23). The molecule has 3 unspecified atom stereocenters. The van der Waals surface area contributed by atoms with Crippen LogP contribution < -0.4 is 14.8 Å². The van der Waals surface area contributed by atoms with Crippen molar-refractivity contribution in [1.29, 1.82) is 0 Å². The average molecular weight is 392 g/mol. The van der Waals surface area contributed by atoms with Gasteiger partial charge < -0.3 is 29.2 Å². The van der Waals surface area contributed by atoms with Gasteiger partial charge in [-0.25, -0.2) is 0 Å². The molecule has 1 fully saturated rings. The van der Waals surface area contributed by atoms with Gasteiger partial charge in [0, 0.05) is 18.7 Å². The summed E-state index contributed by atoms with van der Waals surface area (Å²) in [5, 5.41) is 2.47. The molecule has 2 heterocycles. The third kappa shape index (κ3) is 4.72. The van der Waals surface area contributed by atoms with Gasteiger partial charge in [-0.15, -0.1) is 0 Å². The molecule has 0 radical (unpaired) electrons. The molecule has 1 aromatic carbocycles. The Labute approximate surface area is 162 Å². The maximum Gasteiger partial charge on any atom is 0.326 e. The molecule has 28 heavy (non-hydrogen) atoms. The Morgan fingerprint density at radius 3 is 2.57 bits per heavy atom. The van der Waals surface area contributed by atoms with Crippen LogP contribution in [0.25, 0.3) is 0 Å². The minimum absolute atomic E-state index is 0.0726. The maximum absolute atomic E-state index is 12.5. The number of ether oxygens (including phenoxy) is 4. The summed E-state index contributed by atoms with van der Waals surface area (Å²) in [6.07, 6.45) is -1.08. The summed E-state index contributed by atoms with van der Waals surface area (Å²) in [7, 11) is 0. The summed E-state index contributed by atoms with van der Waals surface area (Å²) in [6.45, 7) is 5.96. The normalized spacial score (nSPS) is 21.8. The van der Waals surface area contributed by atoms with Crippen LogP contribution in [0.3, 0.4) is 0 Å². The lowest BCUT2D eigenvalue weighted by atomic mass is 10.2. The number of carbonyl (C=O) groups is 3. The van der Waals surface area contributed by atoms with Gasteiger partial charge in [0.1, 0.15) is 6.54 Å². The molecule has 2 amide bonds. The van der Waals surface area contributed by atoms with Crippen molar-refractivity contribution in [3.05, 3.63) is 23.8 Å². The largest absolute Gasteiger partial charge is 0.454 e. The first kappa shape index (κ1) is 19.9. The van der Waals surface area contributed by atoms with E-state index in [-0.39, 0.29) is 31.5 Å². The third-order valence-electron chi connectivity index (χ3n) is 4.42. The molecule has 152 valence electrons. The van der Waals surface area contributed by atoms with E-state index in [1.165, 1.54) is 13.0 Å². The number of nitrogens with one attached hydrogen (secondary N) is 1. The molecule has 0 bridgehead atoms. The number of nitrogens with zero attached hydrogens (tertiary/aromatic N) is 1. The van der Waals surface area contributed by atoms with Crippen LogP contribution in [0.1, 0.15) is 31.1 Å². The molecular formula is C19H24N2O7. The average Bonchev–Trinajstić information content (AvgIpc) is 3.12. The van der Waals surface area contributed by atoms with Crippen LogP contribution in [-0.4, -0.2) is 67.4 Å². The summed E-state index contributed by atoms with van der Waals surface area (Å²) in [6, 6.07) is 4.73. The van der Waals surface area contributed by atoms with E-state index in [1.54, 1.807) is 17.0 Å². The fourth-order valence-electron chi connectivity index (χ4n) is 3.20. The summed E-state index contributed by atoms with van der Waals surface area (Å²) < 4.78 is 21.2. The van der Waals surface area contributed by atoms with Crippen LogP contribution in [0, 0.1) is 0 Å². The molecular weight excluding hydrogens is 368 g/mol. The van der Waals surface area contributed by atoms with Gasteiger partial charge in [-0.3, -0.25) is 14.4 Å². The number of hydrogen-bond acceptors (Lipinski definition) is 7. The number of esters is 1. The Hall–Kier alpha value is -2.81. The van der Waals surface area contributed by atoms with Crippen LogP contribution in [0.15, 0.2) is 18.2 Å². The molecule has 3 atom stereocenters. The fraction of sp³-hybridized carbons (Fsp3) is 0.526. The number of fused-ring (bicyclic) bond motifs is 1. The molecule has 1 N–H and O–H groups in total. The van der Waals surface area contributed by atoms with Crippen molar-refractivity contribution in [1.82, 2.24) is 10.2 Å². The molecule has 1 saturated heterocycles. The van der Waals surface area contributed by atoms with Gasteiger partial charge in [0.25, 0.3) is 11.8 Å². The Morgan fingerprint density at radius 1 is 1.18 bits per heavy atom. The van der Waals surface area contributed by atoms with Crippen molar-refractivity contribution in [2.45, 2.75) is 39.1 Å². The highest BCUT2D eigenvalue weighted by molar-refractivity contribution is 5.96. The first-order valence-electron chi connectivity index (χ1n) is 9.15. The van der Waals surface area contributed by atoms with E-state index in [4.69, 9.17) is 18.9 Å². The number of hydrogen-bond donors (Lipinski definition) is 1. The van der Waals surface area contributed by atoms with Gasteiger partial charge in [-0.05, 0) is 39.0 Å². The van der Waals surface area contributed by atoms with E-state index in [1.807, 2.05) is 13.8 Å². The van der Waals surface area contributed by atoms with Crippen molar-refractivity contribution in [2.75, 3.05) is 26.4 Å². The van der Waals surface area contributed by atoms with Crippen LogP contribution in [-0.2, 0) is 19.1 Å². The van der Waals surface area contributed by atoms with Crippen LogP contribution >= 0.6 is 0 Å². The van der Waals surface area contributed by atoms with E-state index >= 15 is 0 Å². The smallest absolute Gasteiger partial charge is 0.326 e. The fourth-order valence-corrected chi connectivity index (χ4v) is 3.20. The predicted octanol–water partition coefficient (Wildman–Crippen LogP) is 0.713. The molecule has 0 aliphatic carbocycles. The second kappa shape index (κ2) is 8.47. The van der Waals surface area contributed by atoms with E-state index < -0.39 is 18.0 Å². The van der Waals surface area contributed by atoms with Gasteiger partial charge in [0.15, 0.2) is 17.6 Å². The van der Waals surface area contributed by atoms with Crippen molar-refractivity contribution in [3.63, 3.8) is 0 Å². The molecule has 2 aliphatic heterocycles. The van der Waals surface area contributed by atoms with Crippen molar-refractivity contribution in [3.8, 4) is 11.5 Å². The maximum atomic E-state index is 12.5. The van der Waals surface area contributed by atoms with E-state index in [2.05, 4.69) is 5.32 Å². The second-order valence-electron chi connectivity index (χ2n) is 6.88. The molecule has 0 saturated carbocycles. The van der Waals surface area contributed by atoms with Crippen LogP contribution in [0.5, 0.6) is 11.5 Å². The highest BCUT2D eigenvalue weighted by Gasteiger charge is 2.30. The lowest BCUT2D eigenvalue weighted by Crippen LogP contribution is -2.51. The summed E-state index contributed by atoms with van der Waals surface area (Å²) in [4.78, 5) is 38.3. The summed E-state index contributed by atoms with van der Waals surface area (Å²) >= 11 is 0. The van der Waals surface area contributed by atoms with Crippen LogP contribution in [0.2, 0.25) is 0 Å². The minimum atomic E-state index is -0.938. The van der Waals surface area contributed by atoms with Gasteiger partial charge >= 0.3 is 5.97 Å². The first-order chi connectivity index (χ1) is 13.3. The number of benzene rings is 1. The van der Waals surface area contributed by atoms with Crippen molar-refractivity contribution < 1.29 is 33.3 Å². The molecule has 9 nitrogen and oxygen atoms in total. The first-order valence-corrected chi connectivity index (χ1v) is 9.15. The lowest BCUT2D eigenvalue weighted by molar-refractivity contribution is -0.163. The number of rotatable bonds is 5. The topological polar surface area (TPSA) is 103 Å². The van der Waals surface area contributed by atoms with E-state index in [0.717, 1.165) is 0 Å². The third-order valence-corrected chi connectivity index (χ3v) is 4.42. The van der Waals surface area contributed by atoms with Gasteiger partial charge in [-0.2, -0.15) is 0 Å². The lowest BCUT2D eigenvalue weighted by Gasteiger charge is -2.36. The van der Waals surface area contributed by atoms with E-state index in [0.29, 0.717) is 30.2 Å². The number of morpholine rings is 1. The number of carbonyl (C=O) groups excluding carboxylic acids is 3. The Balaban J connectivity index is 1.47. The summed E-state index contributed by atoms with van der Waals surface area (Å²) in [5.74, 6) is -0.384. The summed E-state index contributed by atoms with van der Waals surface area (Å²) in [5.41, 5.74) is 0.331. The predicted molar refractivity (Wildman–Crippen MR) is 97.0 cm³/mol. The van der Waals surface area contributed by atoms with Crippen molar-refractivity contribution in [2.24, 2.45) is 0 Å². The zero-order valence-electron chi connectivity index (χ0n) is 16.1. The zero-order valence-corrected chi connectivity index (χ0v) is 16.1. The molecule has 0 spiro atoms. The zero-order chi connectivity index (χ0) is 20.3.